The predicted octanol–water partition coefficient (Wildman–Crippen LogP) is 2.44. The van der Waals surface area contributed by atoms with Gasteiger partial charge in [-0.3, -0.25) is 14.7 Å². The van der Waals surface area contributed by atoms with Crippen LogP contribution in [0.3, 0.4) is 0 Å². The van der Waals surface area contributed by atoms with Crippen LogP contribution in [0, 0.1) is 0 Å². The molecule has 2 N–H and O–H groups in total. The molecule has 0 bridgehead atoms. The van der Waals surface area contributed by atoms with E-state index in [9.17, 15) is 4.79 Å². The van der Waals surface area contributed by atoms with Gasteiger partial charge in [0.1, 0.15) is 0 Å². The molecule has 2 fully saturated rings. The number of hydrogen-bond donors (Lipinski definition) is 2. The van der Waals surface area contributed by atoms with Crippen LogP contribution in [0.4, 0.5) is 0 Å². The van der Waals surface area contributed by atoms with E-state index in [0.717, 1.165) is 70.9 Å². The molecule has 2 aliphatic rings. The molecule has 1 atom stereocenters. The lowest BCUT2D eigenvalue weighted by molar-refractivity contribution is -0.130. The number of rotatable bonds is 8. The van der Waals surface area contributed by atoms with Crippen molar-refractivity contribution < 1.29 is 4.79 Å². The van der Waals surface area contributed by atoms with Crippen LogP contribution in [0.25, 0.3) is 0 Å². The van der Waals surface area contributed by atoms with Gasteiger partial charge in [-0.1, -0.05) is 13.3 Å². The fraction of sp³-hybridized carbons (Fsp3) is 0.895. The molecule has 0 saturated carbocycles. The Labute approximate surface area is 176 Å². The second-order valence-corrected chi connectivity index (χ2v) is 7.12. The molecule has 0 aromatic carbocycles. The molecule has 2 rings (SSSR count). The van der Waals surface area contributed by atoms with Crippen molar-refractivity contribution in [2.24, 2.45) is 4.99 Å². The van der Waals surface area contributed by atoms with E-state index >= 15 is 0 Å². The summed E-state index contributed by atoms with van der Waals surface area (Å²) in [5.41, 5.74) is 0. The van der Waals surface area contributed by atoms with Gasteiger partial charge in [0.15, 0.2) is 5.96 Å². The first-order chi connectivity index (χ1) is 12.2. The van der Waals surface area contributed by atoms with Crippen molar-refractivity contribution in [2.75, 3.05) is 45.8 Å². The summed E-state index contributed by atoms with van der Waals surface area (Å²) in [7, 11) is 0. The Morgan fingerprint density at radius 1 is 1.15 bits per heavy atom. The van der Waals surface area contributed by atoms with E-state index in [1.165, 1.54) is 25.8 Å². The Morgan fingerprint density at radius 2 is 2.00 bits per heavy atom. The topological polar surface area (TPSA) is 60.0 Å². The molecule has 0 spiro atoms. The van der Waals surface area contributed by atoms with Gasteiger partial charge in [-0.25, -0.2) is 0 Å². The van der Waals surface area contributed by atoms with Crippen LogP contribution in [0.15, 0.2) is 4.99 Å². The number of nitrogens with one attached hydrogen (secondary N) is 2. The van der Waals surface area contributed by atoms with E-state index in [2.05, 4.69) is 29.4 Å². The standard InChI is InChI=1S/C19H37N5O.HI/c1-3-20-19(22-16-17-10-8-14-23(17)4-2)21-12-9-15-24-13-7-5-6-11-18(24)25;/h17H,3-16H2,1-2H3,(H2,20,21,22);1H. The number of carbonyl (C=O) groups excluding carboxylic acids is 1. The first kappa shape index (κ1) is 23.5. The molecule has 7 heteroatoms. The van der Waals surface area contributed by atoms with E-state index in [4.69, 9.17) is 4.99 Å². The highest BCUT2D eigenvalue weighted by atomic mass is 127. The van der Waals surface area contributed by atoms with Gasteiger partial charge >= 0.3 is 0 Å². The van der Waals surface area contributed by atoms with Crippen LogP contribution in [-0.2, 0) is 4.79 Å². The molecule has 1 unspecified atom stereocenters. The number of hydrogen-bond acceptors (Lipinski definition) is 3. The smallest absolute Gasteiger partial charge is 0.222 e. The zero-order chi connectivity index (χ0) is 17.9. The molecule has 26 heavy (non-hydrogen) atoms. The third kappa shape index (κ3) is 7.98. The lowest BCUT2D eigenvalue weighted by Gasteiger charge is -2.22. The molecular weight excluding hydrogens is 441 g/mol. The van der Waals surface area contributed by atoms with Gasteiger partial charge in [-0.15, -0.1) is 24.0 Å². The summed E-state index contributed by atoms with van der Waals surface area (Å²) < 4.78 is 0. The van der Waals surface area contributed by atoms with Crippen molar-refractivity contribution in [3.63, 3.8) is 0 Å². The van der Waals surface area contributed by atoms with Gasteiger partial charge in [-0.05, 0) is 52.1 Å². The summed E-state index contributed by atoms with van der Waals surface area (Å²) in [6, 6.07) is 0.593. The highest BCUT2D eigenvalue weighted by Crippen LogP contribution is 2.16. The largest absolute Gasteiger partial charge is 0.357 e. The van der Waals surface area contributed by atoms with Crippen LogP contribution < -0.4 is 10.6 Å². The van der Waals surface area contributed by atoms with E-state index in [1.807, 2.05) is 4.90 Å². The fourth-order valence-electron chi connectivity index (χ4n) is 3.81. The zero-order valence-corrected chi connectivity index (χ0v) is 19.0. The average Bonchev–Trinajstić information content (AvgIpc) is 2.98. The van der Waals surface area contributed by atoms with Gasteiger partial charge in [-0.2, -0.15) is 0 Å². The highest BCUT2D eigenvalue weighted by molar-refractivity contribution is 14.0. The molecule has 0 aliphatic carbocycles. The van der Waals surface area contributed by atoms with E-state index in [0.29, 0.717) is 11.9 Å². The summed E-state index contributed by atoms with van der Waals surface area (Å²) in [4.78, 5) is 21.4. The highest BCUT2D eigenvalue weighted by Gasteiger charge is 2.22. The Balaban J connectivity index is 0.00000338. The van der Waals surface area contributed by atoms with Crippen LogP contribution in [0.1, 0.15) is 58.8 Å². The number of guanidine groups is 1. The van der Waals surface area contributed by atoms with Crippen molar-refractivity contribution in [3.8, 4) is 0 Å². The van der Waals surface area contributed by atoms with E-state index < -0.39 is 0 Å². The first-order valence-electron chi connectivity index (χ1n) is 10.3. The quantitative estimate of drug-likeness (QED) is 0.243. The third-order valence-corrected chi connectivity index (χ3v) is 5.28. The second kappa shape index (κ2) is 13.6. The van der Waals surface area contributed by atoms with E-state index in [-0.39, 0.29) is 24.0 Å². The molecule has 6 nitrogen and oxygen atoms in total. The molecule has 2 aliphatic heterocycles. The Kier molecular flexibility index (Phi) is 12.3. The minimum atomic E-state index is 0. The number of aliphatic imine (C=N–C) groups is 1. The number of likely N-dealkylation sites (tertiary alicyclic amines) is 2. The van der Waals surface area contributed by atoms with Crippen molar-refractivity contribution in [3.05, 3.63) is 0 Å². The maximum Gasteiger partial charge on any atom is 0.222 e. The number of nitrogens with zero attached hydrogens (tertiary/aromatic N) is 3. The van der Waals surface area contributed by atoms with Crippen molar-refractivity contribution >= 4 is 35.8 Å². The van der Waals surface area contributed by atoms with Crippen molar-refractivity contribution in [1.82, 2.24) is 20.4 Å². The lowest BCUT2D eigenvalue weighted by atomic mass is 10.2. The van der Waals surface area contributed by atoms with Gasteiger partial charge in [0.2, 0.25) is 5.91 Å². The molecule has 0 aromatic rings. The molecule has 1 amide bonds. The monoisotopic (exact) mass is 479 g/mol. The van der Waals surface area contributed by atoms with Crippen LogP contribution in [0.5, 0.6) is 0 Å². The molecule has 0 radical (unpaired) electrons. The maximum absolute atomic E-state index is 12.0. The normalized spacial score (nSPS) is 22.1. The van der Waals surface area contributed by atoms with Gasteiger partial charge in [0, 0.05) is 38.6 Å². The number of carbonyl (C=O) groups is 1. The van der Waals surface area contributed by atoms with Gasteiger partial charge < -0.3 is 15.5 Å². The Morgan fingerprint density at radius 3 is 2.77 bits per heavy atom. The van der Waals surface area contributed by atoms with E-state index in [1.54, 1.807) is 0 Å². The number of halogens is 1. The second-order valence-electron chi connectivity index (χ2n) is 7.12. The summed E-state index contributed by atoms with van der Waals surface area (Å²) in [5.74, 6) is 1.24. The molecule has 152 valence electrons. The van der Waals surface area contributed by atoms with Crippen LogP contribution in [-0.4, -0.2) is 73.5 Å². The molecule has 0 aromatic heterocycles. The van der Waals surface area contributed by atoms with Crippen LogP contribution in [0.2, 0.25) is 0 Å². The summed E-state index contributed by atoms with van der Waals surface area (Å²) in [5, 5.41) is 6.77. The number of likely N-dealkylation sites (N-methyl/N-ethyl adjacent to an activating group) is 1. The SMILES string of the molecule is CCNC(=NCC1CCCN1CC)NCCCN1CCCCCC1=O.I. The Bertz CT molecular complexity index is 432. The third-order valence-electron chi connectivity index (χ3n) is 5.28. The lowest BCUT2D eigenvalue weighted by Crippen LogP contribution is -2.40. The molecule has 2 heterocycles. The minimum Gasteiger partial charge on any atom is -0.357 e. The van der Waals surface area contributed by atoms with Gasteiger partial charge in [0.05, 0.1) is 6.54 Å². The molecule has 2 saturated heterocycles. The minimum absolute atomic E-state index is 0. The summed E-state index contributed by atoms with van der Waals surface area (Å²) in [6.45, 7) is 11.1. The van der Waals surface area contributed by atoms with Crippen molar-refractivity contribution in [1.29, 1.82) is 0 Å². The Hall–Kier alpha value is -0.570. The predicted molar refractivity (Wildman–Crippen MR) is 119 cm³/mol. The van der Waals surface area contributed by atoms with Crippen LogP contribution >= 0.6 is 24.0 Å². The summed E-state index contributed by atoms with van der Waals surface area (Å²) >= 11 is 0. The number of amides is 1. The molecular formula is C19H38IN5O. The van der Waals surface area contributed by atoms with Gasteiger partial charge in [0.25, 0.3) is 0 Å². The average molecular weight is 479 g/mol. The fourth-order valence-corrected chi connectivity index (χ4v) is 3.81. The summed E-state index contributed by atoms with van der Waals surface area (Å²) in [6.07, 6.45) is 7.65. The zero-order valence-electron chi connectivity index (χ0n) is 16.6. The maximum atomic E-state index is 12.0. The van der Waals surface area contributed by atoms with Crippen molar-refractivity contribution in [2.45, 2.75) is 64.8 Å². The first-order valence-corrected chi connectivity index (χ1v) is 10.3.